The molecule has 0 fully saturated rings. The molecule has 0 atom stereocenters. The van der Waals surface area contributed by atoms with Gasteiger partial charge in [-0.25, -0.2) is 14.6 Å². The van der Waals surface area contributed by atoms with Gasteiger partial charge in [-0.05, 0) is 61.0 Å². The van der Waals surface area contributed by atoms with Crippen molar-refractivity contribution in [1.29, 1.82) is 0 Å². The van der Waals surface area contributed by atoms with Crippen LogP contribution in [0.1, 0.15) is 36.6 Å². The zero-order chi connectivity index (χ0) is 25.8. The highest BCUT2D eigenvalue weighted by Crippen LogP contribution is 2.31. The highest BCUT2D eigenvalue weighted by Gasteiger charge is 2.22. The molecular formula is C28H24N2O6. The van der Waals surface area contributed by atoms with Crippen molar-refractivity contribution in [3.8, 4) is 17.0 Å². The Hall–Kier alpha value is -4.72. The van der Waals surface area contributed by atoms with E-state index in [1.165, 1.54) is 32.4 Å². The van der Waals surface area contributed by atoms with Gasteiger partial charge in [-0.2, -0.15) is 0 Å². The highest BCUT2D eigenvalue weighted by atomic mass is 16.5. The van der Waals surface area contributed by atoms with E-state index in [1.807, 2.05) is 55.5 Å². The molecule has 1 N–H and O–H groups in total. The van der Waals surface area contributed by atoms with Crippen LogP contribution < -0.4 is 10.1 Å². The molecule has 0 aliphatic heterocycles. The molecule has 8 nitrogen and oxygen atoms in total. The van der Waals surface area contributed by atoms with Crippen LogP contribution in [0.5, 0.6) is 5.75 Å². The number of pyridine rings is 1. The minimum absolute atomic E-state index is 0.102. The van der Waals surface area contributed by atoms with Crippen molar-refractivity contribution in [2.45, 2.75) is 6.92 Å². The lowest BCUT2D eigenvalue weighted by Gasteiger charge is -2.16. The molecule has 0 saturated carbocycles. The number of nitrogens with one attached hydrogen (secondary N) is 1. The molecule has 3 aromatic carbocycles. The Bertz CT molecular complexity index is 1480. The van der Waals surface area contributed by atoms with Gasteiger partial charge >= 0.3 is 11.9 Å². The fourth-order valence-corrected chi connectivity index (χ4v) is 4.00. The van der Waals surface area contributed by atoms with E-state index >= 15 is 0 Å². The molecule has 0 aliphatic rings. The number of carbonyl (C=O) groups is 3. The second-order valence-corrected chi connectivity index (χ2v) is 7.90. The topological polar surface area (TPSA) is 104 Å². The molecule has 1 heterocycles. The number of nitrogens with zero attached hydrogens (tertiary/aromatic N) is 1. The molecule has 0 spiro atoms. The SMILES string of the molecule is COC(=O)c1ccc(C(=O)OC)c(NC(=O)c2c(C)c(-c3ccc(OC)cc3)nc3ccccc23)c1. The van der Waals surface area contributed by atoms with Crippen molar-refractivity contribution in [2.75, 3.05) is 26.6 Å². The minimum atomic E-state index is -0.656. The van der Waals surface area contributed by atoms with Gasteiger partial charge < -0.3 is 19.5 Å². The van der Waals surface area contributed by atoms with Crippen LogP contribution in [-0.4, -0.2) is 44.2 Å². The average molecular weight is 485 g/mol. The summed E-state index contributed by atoms with van der Waals surface area (Å²) in [7, 11) is 4.08. The zero-order valence-corrected chi connectivity index (χ0v) is 20.2. The Morgan fingerprint density at radius 2 is 1.53 bits per heavy atom. The van der Waals surface area contributed by atoms with Crippen LogP contribution in [0.15, 0.2) is 66.7 Å². The maximum atomic E-state index is 13.7. The maximum absolute atomic E-state index is 13.7. The first-order chi connectivity index (χ1) is 17.4. The van der Waals surface area contributed by atoms with Gasteiger partial charge in [0, 0.05) is 10.9 Å². The van der Waals surface area contributed by atoms with E-state index in [-0.39, 0.29) is 16.8 Å². The fourth-order valence-electron chi connectivity index (χ4n) is 4.00. The molecule has 1 amide bonds. The van der Waals surface area contributed by atoms with Gasteiger partial charge in [-0.15, -0.1) is 0 Å². The average Bonchev–Trinajstić information content (AvgIpc) is 2.91. The monoisotopic (exact) mass is 484 g/mol. The number of ether oxygens (including phenoxy) is 3. The summed E-state index contributed by atoms with van der Waals surface area (Å²) in [6, 6.07) is 18.9. The number of carbonyl (C=O) groups excluding carboxylic acids is 3. The van der Waals surface area contributed by atoms with Crippen LogP contribution in [0.3, 0.4) is 0 Å². The smallest absolute Gasteiger partial charge is 0.339 e. The first-order valence-corrected chi connectivity index (χ1v) is 11.0. The summed E-state index contributed by atoms with van der Waals surface area (Å²) >= 11 is 0. The largest absolute Gasteiger partial charge is 0.497 e. The van der Waals surface area contributed by atoms with Crippen LogP contribution in [0, 0.1) is 6.92 Å². The van der Waals surface area contributed by atoms with Crippen molar-refractivity contribution < 1.29 is 28.6 Å². The molecule has 0 radical (unpaired) electrons. The number of hydrogen-bond acceptors (Lipinski definition) is 7. The quantitative estimate of drug-likeness (QED) is 0.382. The van der Waals surface area contributed by atoms with E-state index in [0.29, 0.717) is 33.5 Å². The van der Waals surface area contributed by atoms with Crippen molar-refractivity contribution in [3.63, 3.8) is 0 Å². The van der Waals surface area contributed by atoms with Gasteiger partial charge in [0.1, 0.15) is 5.75 Å². The molecule has 36 heavy (non-hydrogen) atoms. The summed E-state index contributed by atoms with van der Waals surface area (Å²) in [5, 5.41) is 3.44. The van der Waals surface area contributed by atoms with Crippen molar-refractivity contribution in [1.82, 2.24) is 4.98 Å². The number of benzene rings is 3. The fraction of sp³-hybridized carbons (Fsp3) is 0.143. The van der Waals surface area contributed by atoms with Gasteiger partial charge in [0.2, 0.25) is 0 Å². The molecular weight excluding hydrogens is 460 g/mol. The van der Waals surface area contributed by atoms with E-state index in [9.17, 15) is 14.4 Å². The number of anilines is 1. The first kappa shape index (κ1) is 24.4. The third kappa shape index (κ3) is 4.61. The predicted molar refractivity (Wildman–Crippen MR) is 136 cm³/mol. The van der Waals surface area contributed by atoms with Crippen LogP contribution in [0.2, 0.25) is 0 Å². The van der Waals surface area contributed by atoms with Gasteiger partial charge in [-0.1, -0.05) is 18.2 Å². The number of fused-ring (bicyclic) bond motifs is 1. The zero-order valence-electron chi connectivity index (χ0n) is 20.2. The molecule has 1 aromatic heterocycles. The van der Waals surface area contributed by atoms with Gasteiger partial charge in [0.15, 0.2) is 0 Å². The lowest BCUT2D eigenvalue weighted by Crippen LogP contribution is -2.18. The predicted octanol–water partition coefficient (Wildman–Crippen LogP) is 5.04. The minimum Gasteiger partial charge on any atom is -0.497 e. The van der Waals surface area contributed by atoms with Crippen LogP contribution in [0.4, 0.5) is 5.69 Å². The summed E-state index contributed by atoms with van der Waals surface area (Å²) in [4.78, 5) is 43.0. The normalized spacial score (nSPS) is 10.6. The molecule has 8 heteroatoms. The van der Waals surface area contributed by atoms with Gasteiger partial charge in [0.05, 0.1) is 54.9 Å². The van der Waals surface area contributed by atoms with Crippen molar-refractivity contribution >= 4 is 34.4 Å². The molecule has 4 aromatic rings. The number of aromatic nitrogens is 1. The molecule has 0 saturated heterocycles. The summed E-state index contributed by atoms with van der Waals surface area (Å²) < 4.78 is 14.9. The summed E-state index contributed by atoms with van der Waals surface area (Å²) in [6.07, 6.45) is 0. The van der Waals surface area contributed by atoms with E-state index in [4.69, 9.17) is 19.2 Å². The number of amides is 1. The second kappa shape index (κ2) is 10.3. The molecule has 0 unspecified atom stereocenters. The van der Waals surface area contributed by atoms with Crippen LogP contribution in [0.25, 0.3) is 22.2 Å². The number of hydrogen-bond donors (Lipinski definition) is 1. The van der Waals surface area contributed by atoms with Crippen molar-refractivity contribution in [3.05, 3.63) is 89.0 Å². The number of para-hydroxylation sites is 1. The Labute approximate surface area is 207 Å². The second-order valence-electron chi connectivity index (χ2n) is 7.90. The van der Waals surface area contributed by atoms with Crippen LogP contribution >= 0.6 is 0 Å². The van der Waals surface area contributed by atoms with Gasteiger partial charge in [0.25, 0.3) is 5.91 Å². The Morgan fingerprint density at radius 1 is 0.833 bits per heavy atom. The van der Waals surface area contributed by atoms with E-state index in [1.54, 1.807) is 7.11 Å². The number of rotatable bonds is 6. The third-order valence-corrected chi connectivity index (χ3v) is 5.82. The summed E-state index contributed by atoms with van der Waals surface area (Å²) in [5.74, 6) is -1.02. The van der Waals surface area contributed by atoms with Crippen molar-refractivity contribution in [2.24, 2.45) is 0 Å². The molecule has 4 rings (SSSR count). The third-order valence-electron chi connectivity index (χ3n) is 5.82. The number of esters is 2. The molecule has 0 bridgehead atoms. The van der Waals surface area contributed by atoms with E-state index in [2.05, 4.69) is 5.32 Å². The Morgan fingerprint density at radius 3 is 2.19 bits per heavy atom. The van der Waals surface area contributed by atoms with Gasteiger partial charge in [-0.3, -0.25) is 4.79 Å². The first-order valence-electron chi connectivity index (χ1n) is 11.0. The standard InChI is InChI=1S/C28H24N2O6/c1-16-24(26(31)30-23-15-18(27(32)35-3)11-14-21(23)28(33)36-4)20-7-5-6-8-22(20)29-25(16)17-9-12-19(34-2)13-10-17/h5-15H,1-4H3,(H,30,31). The lowest BCUT2D eigenvalue weighted by molar-refractivity contribution is 0.0587. The lowest BCUT2D eigenvalue weighted by atomic mass is 9.97. The molecule has 0 aliphatic carbocycles. The Balaban J connectivity index is 1.85. The number of methoxy groups -OCH3 is 3. The van der Waals surface area contributed by atoms with E-state index < -0.39 is 17.8 Å². The summed E-state index contributed by atoms with van der Waals surface area (Å²) in [6.45, 7) is 1.82. The molecule has 182 valence electrons. The Kier molecular flexibility index (Phi) is 6.96. The van der Waals surface area contributed by atoms with E-state index in [0.717, 1.165) is 5.56 Å². The van der Waals surface area contributed by atoms with Crippen LogP contribution in [-0.2, 0) is 9.47 Å². The maximum Gasteiger partial charge on any atom is 0.339 e. The summed E-state index contributed by atoms with van der Waals surface area (Å²) in [5.41, 5.74) is 3.54. The highest BCUT2D eigenvalue weighted by molar-refractivity contribution is 6.16.